The largest absolute Gasteiger partial charge is 0.465 e. The monoisotopic (exact) mass is 317 g/mol. The lowest BCUT2D eigenvalue weighted by molar-refractivity contribution is -0.120. The van der Waals surface area contributed by atoms with Gasteiger partial charge in [-0.2, -0.15) is 0 Å². The van der Waals surface area contributed by atoms with Crippen LogP contribution in [0.15, 0.2) is 23.0 Å². The molecule has 0 saturated carbocycles. The lowest BCUT2D eigenvalue weighted by Gasteiger charge is -2.06. The molecule has 0 bridgehead atoms. The number of unbranched alkanes of at least 4 members (excludes halogenated alkanes) is 1. The first-order valence-electron chi connectivity index (χ1n) is 7.43. The highest BCUT2D eigenvalue weighted by Gasteiger charge is 2.11. The van der Waals surface area contributed by atoms with E-state index in [9.17, 15) is 14.4 Å². The number of carbonyl (C=O) groups is 2. The zero-order valence-electron chi connectivity index (χ0n) is 13.1. The van der Waals surface area contributed by atoms with E-state index in [1.54, 1.807) is 0 Å². The third kappa shape index (κ3) is 4.15. The molecule has 2 rings (SSSR count). The number of methoxy groups -OCH3 is 1. The molecule has 0 unspecified atom stereocenters. The van der Waals surface area contributed by atoms with E-state index < -0.39 is 5.97 Å². The van der Waals surface area contributed by atoms with Crippen LogP contribution in [0.2, 0.25) is 0 Å². The van der Waals surface area contributed by atoms with Crippen molar-refractivity contribution in [2.75, 3.05) is 13.7 Å². The van der Waals surface area contributed by atoms with Gasteiger partial charge in [-0.3, -0.25) is 9.59 Å². The Kier molecular flexibility index (Phi) is 5.46. The summed E-state index contributed by atoms with van der Waals surface area (Å²) in [6, 6.07) is 4.50. The van der Waals surface area contributed by atoms with Gasteiger partial charge in [0.05, 0.1) is 30.0 Å². The zero-order chi connectivity index (χ0) is 16.8. The number of hydrogen-bond donors (Lipinski definition) is 2. The average molecular weight is 317 g/mol. The SMILES string of the molecule is CCCCNC(=O)Cc1nc2cc(C(=O)OC)ccc2c(=O)[nH]1. The fourth-order valence-electron chi connectivity index (χ4n) is 2.14. The van der Waals surface area contributed by atoms with E-state index in [1.165, 1.54) is 25.3 Å². The van der Waals surface area contributed by atoms with Gasteiger partial charge in [-0.15, -0.1) is 0 Å². The molecule has 1 heterocycles. The van der Waals surface area contributed by atoms with Crippen LogP contribution in [0.4, 0.5) is 0 Å². The molecule has 1 aromatic heterocycles. The highest BCUT2D eigenvalue weighted by molar-refractivity contribution is 5.94. The molecule has 2 aromatic rings. The maximum Gasteiger partial charge on any atom is 0.337 e. The Morgan fingerprint density at radius 3 is 2.83 bits per heavy atom. The third-order valence-electron chi connectivity index (χ3n) is 3.36. The molecule has 0 atom stereocenters. The van der Waals surface area contributed by atoms with Crippen molar-refractivity contribution in [2.24, 2.45) is 0 Å². The van der Waals surface area contributed by atoms with Gasteiger partial charge >= 0.3 is 5.97 Å². The van der Waals surface area contributed by atoms with Crippen molar-refractivity contribution < 1.29 is 14.3 Å². The molecular weight excluding hydrogens is 298 g/mol. The van der Waals surface area contributed by atoms with E-state index in [0.717, 1.165) is 12.8 Å². The van der Waals surface area contributed by atoms with Crippen molar-refractivity contribution in [1.82, 2.24) is 15.3 Å². The number of nitrogens with one attached hydrogen (secondary N) is 2. The van der Waals surface area contributed by atoms with Crippen molar-refractivity contribution in [1.29, 1.82) is 0 Å². The minimum absolute atomic E-state index is 0.0165. The Labute approximate surface area is 133 Å². The van der Waals surface area contributed by atoms with Crippen LogP contribution >= 0.6 is 0 Å². The quantitative estimate of drug-likeness (QED) is 0.615. The average Bonchev–Trinajstić information content (AvgIpc) is 2.53. The van der Waals surface area contributed by atoms with Crippen molar-refractivity contribution >= 4 is 22.8 Å². The number of H-pyrrole nitrogens is 1. The van der Waals surface area contributed by atoms with Gasteiger partial charge in [-0.05, 0) is 24.6 Å². The molecule has 7 heteroatoms. The van der Waals surface area contributed by atoms with Crippen LogP contribution in [-0.2, 0) is 16.0 Å². The van der Waals surface area contributed by atoms with Gasteiger partial charge in [0.15, 0.2) is 0 Å². The second-order valence-corrected chi connectivity index (χ2v) is 5.12. The maximum atomic E-state index is 12.0. The maximum absolute atomic E-state index is 12.0. The Hall–Kier alpha value is -2.70. The van der Waals surface area contributed by atoms with Gasteiger partial charge in [0.25, 0.3) is 5.56 Å². The predicted octanol–water partition coefficient (Wildman–Crippen LogP) is 1.17. The second-order valence-electron chi connectivity index (χ2n) is 5.12. The van der Waals surface area contributed by atoms with E-state index in [0.29, 0.717) is 23.0 Å². The summed E-state index contributed by atoms with van der Waals surface area (Å²) in [7, 11) is 1.28. The molecule has 1 amide bonds. The topological polar surface area (TPSA) is 101 Å². The van der Waals surface area contributed by atoms with E-state index in [4.69, 9.17) is 0 Å². The summed E-state index contributed by atoms with van der Waals surface area (Å²) in [4.78, 5) is 42.3. The summed E-state index contributed by atoms with van der Waals surface area (Å²) in [6.45, 7) is 2.63. The Morgan fingerprint density at radius 1 is 1.35 bits per heavy atom. The lowest BCUT2D eigenvalue weighted by atomic mass is 10.1. The number of rotatable bonds is 6. The van der Waals surface area contributed by atoms with Crippen LogP contribution in [0, 0.1) is 0 Å². The zero-order valence-corrected chi connectivity index (χ0v) is 13.1. The smallest absolute Gasteiger partial charge is 0.337 e. The molecule has 0 spiro atoms. The molecule has 0 aliphatic rings. The number of amides is 1. The molecule has 0 radical (unpaired) electrons. The highest BCUT2D eigenvalue weighted by atomic mass is 16.5. The molecule has 0 saturated heterocycles. The molecule has 0 aliphatic carbocycles. The second kappa shape index (κ2) is 7.53. The van der Waals surface area contributed by atoms with Gasteiger partial charge in [0.2, 0.25) is 5.91 Å². The number of aromatic nitrogens is 2. The van der Waals surface area contributed by atoms with Crippen LogP contribution in [0.1, 0.15) is 35.9 Å². The molecule has 122 valence electrons. The normalized spacial score (nSPS) is 10.5. The van der Waals surface area contributed by atoms with Crippen molar-refractivity contribution in [3.8, 4) is 0 Å². The lowest BCUT2D eigenvalue weighted by Crippen LogP contribution is -2.27. The fraction of sp³-hybridized carbons (Fsp3) is 0.375. The van der Waals surface area contributed by atoms with Crippen LogP contribution < -0.4 is 10.9 Å². The van der Waals surface area contributed by atoms with E-state index >= 15 is 0 Å². The predicted molar refractivity (Wildman–Crippen MR) is 85.3 cm³/mol. The van der Waals surface area contributed by atoms with Gasteiger partial charge < -0.3 is 15.0 Å². The molecule has 2 N–H and O–H groups in total. The molecule has 7 nitrogen and oxygen atoms in total. The van der Waals surface area contributed by atoms with Gasteiger partial charge in [-0.1, -0.05) is 13.3 Å². The van der Waals surface area contributed by atoms with Crippen LogP contribution in [0.3, 0.4) is 0 Å². The number of aromatic amines is 1. The highest BCUT2D eigenvalue weighted by Crippen LogP contribution is 2.11. The van der Waals surface area contributed by atoms with Gasteiger partial charge in [-0.25, -0.2) is 9.78 Å². The number of nitrogens with zero attached hydrogens (tertiary/aromatic N) is 1. The Bertz CT molecular complexity index is 782. The first kappa shape index (κ1) is 16.7. The van der Waals surface area contributed by atoms with Crippen molar-refractivity contribution in [3.05, 3.63) is 39.9 Å². The van der Waals surface area contributed by atoms with Gasteiger partial charge in [0.1, 0.15) is 5.82 Å². The van der Waals surface area contributed by atoms with Crippen LogP contribution in [0.5, 0.6) is 0 Å². The van der Waals surface area contributed by atoms with Crippen molar-refractivity contribution in [2.45, 2.75) is 26.2 Å². The summed E-state index contributed by atoms with van der Waals surface area (Å²) in [6.07, 6.45) is 1.87. The molecule has 0 fully saturated rings. The van der Waals surface area contributed by atoms with E-state index in [1.807, 2.05) is 6.92 Å². The third-order valence-corrected chi connectivity index (χ3v) is 3.36. The number of benzene rings is 1. The number of esters is 1. The summed E-state index contributed by atoms with van der Waals surface area (Å²) in [5, 5.41) is 3.12. The summed E-state index contributed by atoms with van der Waals surface area (Å²) >= 11 is 0. The summed E-state index contributed by atoms with van der Waals surface area (Å²) in [5.74, 6) is -0.448. The number of carbonyl (C=O) groups excluding carboxylic acids is 2. The molecule has 23 heavy (non-hydrogen) atoms. The standard InChI is InChI=1S/C16H19N3O4/c1-3-4-7-17-14(20)9-13-18-12-8-10(16(22)23-2)5-6-11(12)15(21)19-13/h5-6,8H,3-4,7,9H2,1-2H3,(H,17,20)(H,18,19,21). The Balaban J connectivity index is 2.26. The number of fused-ring (bicyclic) bond motifs is 1. The van der Waals surface area contributed by atoms with Crippen LogP contribution in [0.25, 0.3) is 10.9 Å². The minimum Gasteiger partial charge on any atom is -0.465 e. The molecule has 0 aliphatic heterocycles. The Morgan fingerprint density at radius 2 is 2.13 bits per heavy atom. The van der Waals surface area contributed by atoms with E-state index in [-0.39, 0.29) is 23.7 Å². The molecule has 1 aromatic carbocycles. The first-order valence-corrected chi connectivity index (χ1v) is 7.43. The van der Waals surface area contributed by atoms with Gasteiger partial charge in [0, 0.05) is 6.54 Å². The molecular formula is C16H19N3O4. The van der Waals surface area contributed by atoms with E-state index in [2.05, 4.69) is 20.0 Å². The first-order chi connectivity index (χ1) is 11.0. The number of hydrogen-bond acceptors (Lipinski definition) is 5. The number of ether oxygens (including phenoxy) is 1. The summed E-state index contributed by atoms with van der Waals surface area (Å²) < 4.78 is 4.65. The van der Waals surface area contributed by atoms with Crippen molar-refractivity contribution in [3.63, 3.8) is 0 Å². The fourth-order valence-corrected chi connectivity index (χ4v) is 2.14. The summed E-state index contributed by atoms with van der Waals surface area (Å²) in [5.41, 5.74) is 0.312. The minimum atomic E-state index is -0.507. The van der Waals surface area contributed by atoms with Crippen LogP contribution in [-0.4, -0.2) is 35.5 Å².